The van der Waals surface area contributed by atoms with Gasteiger partial charge in [-0.2, -0.15) is 0 Å². The highest BCUT2D eigenvalue weighted by Gasteiger charge is 2.10. The fourth-order valence-corrected chi connectivity index (χ4v) is 1.99. The van der Waals surface area contributed by atoms with Gasteiger partial charge in [0, 0.05) is 35.8 Å². The number of H-pyrrole nitrogens is 1. The number of guanidine groups is 2. The van der Waals surface area contributed by atoms with E-state index >= 15 is 0 Å². The van der Waals surface area contributed by atoms with Crippen LogP contribution in [-0.2, 0) is 6.42 Å². The Labute approximate surface area is 119 Å². The molecule has 0 bridgehead atoms. The maximum Gasteiger partial charge on any atom is 0.270 e. The van der Waals surface area contributed by atoms with Crippen LogP contribution in [0.2, 0.25) is 0 Å². The number of nitro groups is 1. The second kappa shape index (κ2) is 5.90. The van der Waals surface area contributed by atoms with Gasteiger partial charge in [0.25, 0.3) is 5.69 Å². The van der Waals surface area contributed by atoms with Crippen LogP contribution in [0.25, 0.3) is 10.9 Å². The van der Waals surface area contributed by atoms with Crippen molar-refractivity contribution in [3.8, 4) is 0 Å². The number of nitrogens with zero attached hydrogens (tertiary/aromatic N) is 1. The third-order valence-electron chi connectivity index (χ3n) is 2.92. The number of nitro benzene ring substituents is 1. The molecule has 1 heterocycles. The second-order valence-electron chi connectivity index (χ2n) is 4.39. The summed E-state index contributed by atoms with van der Waals surface area (Å²) in [6, 6.07) is 4.65. The molecule has 0 amide bonds. The lowest BCUT2D eigenvalue weighted by atomic mass is 10.1. The van der Waals surface area contributed by atoms with Gasteiger partial charge >= 0.3 is 0 Å². The summed E-state index contributed by atoms with van der Waals surface area (Å²) in [6.07, 6.45) is 2.36. The van der Waals surface area contributed by atoms with Gasteiger partial charge in [-0.25, -0.2) is 0 Å². The lowest BCUT2D eigenvalue weighted by Gasteiger charge is -2.08. The molecule has 0 radical (unpaired) electrons. The zero-order valence-corrected chi connectivity index (χ0v) is 11.1. The Morgan fingerprint density at radius 2 is 2.19 bits per heavy atom. The van der Waals surface area contributed by atoms with Gasteiger partial charge in [-0.3, -0.25) is 26.2 Å². The Bertz CT molecular complexity index is 707. The number of fused-ring (bicyclic) bond motifs is 1. The van der Waals surface area contributed by atoms with Crippen LogP contribution < -0.4 is 16.4 Å². The van der Waals surface area contributed by atoms with Crippen molar-refractivity contribution in [1.29, 1.82) is 10.8 Å². The normalized spacial score (nSPS) is 10.3. The van der Waals surface area contributed by atoms with Gasteiger partial charge in [-0.05, 0) is 18.1 Å². The number of non-ortho nitro benzene ring substituents is 1. The Kier molecular flexibility index (Phi) is 4.02. The molecular formula is C12H15N7O2. The molecule has 2 aromatic rings. The number of aromatic amines is 1. The van der Waals surface area contributed by atoms with Crippen molar-refractivity contribution in [1.82, 2.24) is 15.6 Å². The van der Waals surface area contributed by atoms with E-state index in [9.17, 15) is 10.1 Å². The lowest BCUT2D eigenvalue weighted by molar-refractivity contribution is -0.384. The van der Waals surface area contributed by atoms with Gasteiger partial charge in [0.1, 0.15) is 0 Å². The fourth-order valence-electron chi connectivity index (χ4n) is 1.99. The molecule has 0 unspecified atom stereocenters. The van der Waals surface area contributed by atoms with Crippen LogP contribution in [0, 0.1) is 20.9 Å². The molecule has 0 atom stereocenters. The van der Waals surface area contributed by atoms with E-state index < -0.39 is 4.92 Å². The van der Waals surface area contributed by atoms with Crippen molar-refractivity contribution in [2.45, 2.75) is 6.42 Å². The Balaban J connectivity index is 2.05. The van der Waals surface area contributed by atoms with Crippen LogP contribution in [0.3, 0.4) is 0 Å². The predicted molar refractivity (Wildman–Crippen MR) is 79.4 cm³/mol. The summed E-state index contributed by atoms with van der Waals surface area (Å²) in [5.41, 5.74) is 6.89. The minimum absolute atomic E-state index is 0.0438. The molecule has 21 heavy (non-hydrogen) atoms. The van der Waals surface area contributed by atoms with Crippen molar-refractivity contribution < 1.29 is 4.92 Å². The number of benzene rings is 1. The summed E-state index contributed by atoms with van der Waals surface area (Å²) < 4.78 is 0. The van der Waals surface area contributed by atoms with E-state index in [2.05, 4.69) is 15.6 Å². The standard InChI is InChI=1S/C12H15N7O2/c13-11(14)18-12(15)16-4-3-7-6-17-10-2-1-8(19(20)21)5-9(7)10/h1-2,5-6,17H,3-4H2,(H6,13,14,15,16,18). The molecule has 1 aromatic heterocycles. The first kappa shape index (κ1) is 14.3. The predicted octanol–water partition coefficient (Wildman–Crippen LogP) is 0.626. The summed E-state index contributed by atoms with van der Waals surface area (Å²) in [4.78, 5) is 13.4. The van der Waals surface area contributed by atoms with Gasteiger partial charge in [0.05, 0.1) is 4.92 Å². The van der Waals surface area contributed by atoms with Gasteiger partial charge in [-0.1, -0.05) is 0 Å². The summed E-state index contributed by atoms with van der Waals surface area (Å²) in [5, 5.41) is 31.1. The highest BCUT2D eigenvalue weighted by atomic mass is 16.6. The lowest BCUT2D eigenvalue weighted by Crippen LogP contribution is -2.43. The maximum absolute atomic E-state index is 10.8. The average molecular weight is 289 g/mol. The molecule has 9 heteroatoms. The molecule has 7 N–H and O–H groups in total. The van der Waals surface area contributed by atoms with Crippen molar-refractivity contribution >= 4 is 28.5 Å². The third kappa shape index (κ3) is 3.47. The zero-order valence-electron chi connectivity index (χ0n) is 11.1. The zero-order chi connectivity index (χ0) is 15.4. The summed E-state index contributed by atoms with van der Waals surface area (Å²) in [7, 11) is 0. The number of hydrogen-bond acceptors (Lipinski definition) is 4. The van der Waals surface area contributed by atoms with Crippen LogP contribution in [0.1, 0.15) is 5.56 Å². The second-order valence-corrected chi connectivity index (χ2v) is 4.39. The molecule has 1 aromatic carbocycles. The molecule has 9 nitrogen and oxygen atoms in total. The molecular weight excluding hydrogens is 274 g/mol. The van der Waals surface area contributed by atoms with Crippen LogP contribution in [0.5, 0.6) is 0 Å². The van der Waals surface area contributed by atoms with Crippen LogP contribution in [0.15, 0.2) is 24.4 Å². The van der Waals surface area contributed by atoms with E-state index in [-0.39, 0.29) is 17.6 Å². The molecule has 0 saturated carbocycles. The number of nitrogens with one attached hydrogen (secondary N) is 5. The molecule has 0 fully saturated rings. The van der Waals surface area contributed by atoms with Crippen LogP contribution in [-0.4, -0.2) is 28.4 Å². The van der Waals surface area contributed by atoms with E-state index in [0.29, 0.717) is 13.0 Å². The topological polar surface area (TPSA) is 157 Å². The van der Waals surface area contributed by atoms with Crippen molar-refractivity contribution in [3.05, 3.63) is 40.1 Å². The highest BCUT2D eigenvalue weighted by Crippen LogP contribution is 2.23. The third-order valence-corrected chi connectivity index (χ3v) is 2.92. The highest BCUT2D eigenvalue weighted by molar-refractivity contribution is 5.94. The Morgan fingerprint density at radius 1 is 1.43 bits per heavy atom. The van der Waals surface area contributed by atoms with Gasteiger partial charge < -0.3 is 16.0 Å². The summed E-state index contributed by atoms with van der Waals surface area (Å²) in [5.74, 6) is -0.372. The minimum Gasteiger partial charge on any atom is -0.370 e. The quantitative estimate of drug-likeness (QED) is 0.210. The minimum atomic E-state index is -0.430. The van der Waals surface area contributed by atoms with E-state index in [0.717, 1.165) is 16.5 Å². The van der Waals surface area contributed by atoms with E-state index in [4.69, 9.17) is 16.6 Å². The SMILES string of the molecule is N=C(N)NC(=N)NCCc1c[nH]c2ccc([N+](=O)[O-])cc12. The number of aromatic nitrogens is 1. The molecule has 110 valence electrons. The van der Waals surface area contributed by atoms with E-state index in [1.165, 1.54) is 12.1 Å². The maximum atomic E-state index is 10.8. The Hall–Kier alpha value is -3.10. The largest absolute Gasteiger partial charge is 0.370 e. The summed E-state index contributed by atoms with van der Waals surface area (Å²) in [6.45, 7) is 0.439. The first-order valence-electron chi connectivity index (χ1n) is 6.15. The number of rotatable bonds is 4. The molecule has 0 spiro atoms. The molecule has 0 aliphatic carbocycles. The van der Waals surface area contributed by atoms with Crippen molar-refractivity contribution in [2.75, 3.05) is 6.54 Å². The first-order chi connectivity index (χ1) is 9.97. The molecule has 2 rings (SSSR count). The van der Waals surface area contributed by atoms with Gasteiger partial charge in [0.2, 0.25) is 0 Å². The van der Waals surface area contributed by atoms with Gasteiger partial charge in [-0.15, -0.1) is 0 Å². The first-order valence-corrected chi connectivity index (χ1v) is 6.15. The van der Waals surface area contributed by atoms with Gasteiger partial charge in [0.15, 0.2) is 11.9 Å². The fraction of sp³-hybridized carbons (Fsp3) is 0.167. The number of nitrogens with two attached hydrogens (primary N) is 1. The Morgan fingerprint density at radius 3 is 2.86 bits per heavy atom. The van der Waals surface area contributed by atoms with E-state index in [1.54, 1.807) is 12.3 Å². The van der Waals surface area contributed by atoms with Crippen LogP contribution >= 0.6 is 0 Å². The number of hydrogen-bond donors (Lipinski definition) is 6. The molecule has 0 aliphatic heterocycles. The van der Waals surface area contributed by atoms with Crippen molar-refractivity contribution in [3.63, 3.8) is 0 Å². The smallest absolute Gasteiger partial charge is 0.270 e. The average Bonchev–Trinajstić information content (AvgIpc) is 2.80. The van der Waals surface area contributed by atoms with E-state index in [1.807, 2.05) is 0 Å². The molecule has 0 saturated heterocycles. The summed E-state index contributed by atoms with van der Waals surface area (Å²) >= 11 is 0. The monoisotopic (exact) mass is 289 g/mol. The molecule has 0 aliphatic rings. The van der Waals surface area contributed by atoms with Crippen molar-refractivity contribution in [2.24, 2.45) is 5.73 Å². The van der Waals surface area contributed by atoms with Crippen LogP contribution in [0.4, 0.5) is 5.69 Å².